The Morgan fingerprint density at radius 3 is 2.73 bits per heavy atom. The normalized spacial score (nSPS) is 16.2. The maximum Gasteiger partial charge on any atom is 0.354 e. The topological polar surface area (TPSA) is 43.3 Å². The van der Waals surface area contributed by atoms with Gasteiger partial charge in [0.1, 0.15) is 11.9 Å². The molecule has 0 fully saturated rings. The molecule has 2 heterocycles. The van der Waals surface area contributed by atoms with Crippen molar-refractivity contribution < 1.29 is 9.53 Å². The van der Waals surface area contributed by atoms with Gasteiger partial charge >= 0.3 is 5.97 Å². The molecule has 0 saturated heterocycles. The van der Waals surface area contributed by atoms with Crippen LogP contribution in [-0.2, 0) is 9.53 Å². The number of para-hydroxylation sites is 1. The first-order chi connectivity index (χ1) is 12.8. The molecule has 1 aliphatic heterocycles. The van der Waals surface area contributed by atoms with E-state index in [4.69, 9.17) is 4.74 Å². The highest BCUT2D eigenvalue weighted by Crippen LogP contribution is 2.29. The summed E-state index contributed by atoms with van der Waals surface area (Å²) in [5, 5.41) is 4.45. The highest BCUT2D eigenvalue weighted by atomic mass is 16.5. The fourth-order valence-electron chi connectivity index (χ4n) is 3.26. The van der Waals surface area contributed by atoms with Crippen LogP contribution in [-0.4, -0.2) is 17.1 Å². The van der Waals surface area contributed by atoms with Gasteiger partial charge in [0.25, 0.3) is 0 Å². The Morgan fingerprint density at radius 1 is 1.15 bits per heavy atom. The van der Waals surface area contributed by atoms with Gasteiger partial charge in [0, 0.05) is 11.1 Å². The van der Waals surface area contributed by atoms with Crippen LogP contribution < -0.4 is 5.32 Å². The van der Waals surface area contributed by atoms with Crippen molar-refractivity contribution in [3.05, 3.63) is 83.7 Å². The van der Waals surface area contributed by atoms with Crippen LogP contribution in [0.5, 0.6) is 0 Å². The number of hydrogen-bond donors (Lipinski definition) is 1. The second kappa shape index (κ2) is 6.92. The van der Waals surface area contributed by atoms with Crippen molar-refractivity contribution >= 4 is 29.0 Å². The van der Waals surface area contributed by atoms with Gasteiger partial charge in [0.15, 0.2) is 0 Å². The molecule has 4 nitrogen and oxygen atoms in total. The zero-order valence-electron chi connectivity index (χ0n) is 14.6. The molecular weight excluding hydrogens is 324 g/mol. The van der Waals surface area contributed by atoms with Crippen LogP contribution in [0.1, 0.15) is 24.3 Å². The lowest BCUT2D eigenvalue weighted by molar-refractivity contribution is -0.139. The quantitative estimate of drug-likeness (QED) is 0.715. The number of benzene rings is 2. The van der Waals surface area contributed by atoms with Gasteiger partial charge in [0.05, 0.1) is 12.1 Å². The van der Waals surface area contributed by atoms with Gasteiger partial charge in [-0.25, -0.2) is 4.79 Å². The third kappa shape index (κ3) is 3.02. The lowest BCUT2D eigenvalue weighted by atomic mass is 10.2. The number of nitrogens with one attached hydrogen (secondary N) is 1. The summed E-state index contributed by atoms with van der Waals surface area (Å²) in [6.07, 6.45) is 5.81. The number of fused-ring (bicyclic) bond motifs is 3. The number of rotatable bonds is 4. The van der Waals surface area contributed by atoms with Crippen LogP contribution in [0.3, 0.4) is 0 Å². The largest absolute Gasteiger partial charge is 0.461 e. The molecule has 0 amide bonds. The van der Waals surface area contributed by atoms with Gasteiger partial charge in [0.2, 0.25) is 0 Å². The van der Waals surface area contributed by atoms with Crippen LogP contribution in [0.2, 0.25) is 0 Å². The minimum atomic E-state index is -0.331. The lowest BCUT2D eigenvalue weighted by Crippen LogP contribution is -2.33. The van der Waals surface area contributed by atoms with Crippen molar-refractivity contribution in [1.29, 1.82) is 0 Å². The maximum absolute atomic E-state index is 12.3. The summed E-state index contributed by atoms with van der Waals surface area (Å²) in [5.74, 6) is -0.331. The number of ether oxygens (including phenoxy) is 1. The van der Waals surface area contributed by atoms with E-state index >= 15 is 0 Å². The summed E-state index contributed by atoms with van der Waals surface area (Å²) in [4.78, 5) is 12.3. The SMILES string of the molecule is CCOC(=O)C1=Cc2cc3ccccc3n2C(/C=C/c2ccccc2)N1. The van der Waals surface area contributed by atoms with E-state index in [1.165, 1.54) is 0 Å². The zero-order valence-corrected chi connectivity index (χ0v) is 14.6. The average molecular weight is 344 g/mol. The van der Waals surface area contributed by atoms with Gasteiger partial charge in [-0.3, -0.25) is 0 Å². The molecule has 1 N–H and O–H groups in total. The molecule has 26 heavy (non-hydrogen) atoms. The van der Waals surface area contributed by atoms with E-state index in [0.717, 1.165) is 22.2 Å². The van der Waals surface area contributed by atoms with E-state index in [2.05, 4.69) is 52.4 Å². The minimum Gasteiger partial charge on any atom is -0.461 e. The van der Waals surface area contributed by atoms with Crippen LogP contribution in [0, 0.1) is 0 Å². The predicted octanol–water partition coefficient (Wildman–Crippen LogP) is 4.36. The van der Waals surface area contributed by atoms with Crippen molar-refractivity contribution in [1.82, 2.24) is 9.88 Å². The number of aromatic nitrogens is 1. The first-order valence-electron chi connectivity index (χ1n) is 8.75. The fourth-order valence-corrected chi connectivity index (χ4v) is 3.26. The van der Waals surface area contributed by atoms with Gasteiger partial charge in [-0.1, -0.05) is 54.6 Å². The number of carbonyl (C=O) groups excluding carboxylic acids is 1. The summed E-state index contributed by atoms with van der Waals surface area (Å²) in [6, 6.07) is 20.4. The zero-order chi connectivity index (χ0) is 17.9. The first kappa shape index (κ1) is 16.2. The Morgan fingerprint density at radius 2 is 1.92 bits per heavy atom. The van der Waals surface area contributed by atoms with E-state index < -0.39 is 0 Å². The molecule has 1 aromatic heterocycles. The highest BCUT2D eigenvalue weighted by Gasteiger charge is 2.24. The standard InChI is InChI=1S/C22H20N2O2/c1-2-26-22(25)19-15-18-14-17-10-6-7-11-20(17)24(18)21(23-19)13-12-16-8-4-3-5-9-16/h3-15,21,23H,2H2,1H3/b13-12+. The smallest absolute Gasteiger partial charge is 0.354 e. The minimum absolute atomic E-state index is 0.172. The number of carbonyl (C=O) groups is 1. The van der Waals surface area contributed by atoms with Gasteiger partial charge in [-0.2, -0.15) is 0 Å². The molecule has 4 rings (SSSR count). The van der Waals surface area contributed by atoms with Gasteiger partial charge in [-0.15, -0.1) is 0 Å². The Hall–Kier alpha value is -3.27. The molecule has 3 aromatic rings. The van der Waals surface area contributed by atoms with Gasteiger partial charge in [-0.05, 0) is 36.8 Å². The molecule has 1 unspecified atom stereocenters. The molecule has 0 bridgehead atoms. The van der Waals surface area contributed by atoms with Gasteiger partial charge < -0.3 is 14.6 Å². The number of hydrogen-bond acceptors (Lipinski definition) is 3. The molecule has 130 valence electrons. The summed E-state index contributed by atoms with van der Waals surface area (Å²) < 4.78 is 7.37. The Labute approximate surface area is 152 Å². The number of nitrogens with zero attached hydrogens (tertiary/aromatic N) is 1. The lowest BCUT2D eigenvalue weighted by Gasteiger charge is -2.26. The average Bonchev–Trinajstić information content (AvgIpc) is 3.05. The first-order valence-corrected chi connectivity index (χ1v) is 8.75. The van der Waals surface area contributed by atoms with E-state index in [-0.39, 0.29) is 12.1 Å². The summed E-state index contributed by atoms with van der Waals surface area (Å²) >= 11 is 0. The third-order valence-electron chi connectivity index (χ3n) is 4.42. The molecule has 0 radical (unpaired) electrons. The van der Waals surface area contributed by atoms with Crippen molar-refractivity contribution in [3.8, 4) is 0 Å². The van der Waals surface area contributed by atoms with Crippen LogP contribution in [0.15, 0.2) is 72.4 Å². The summed E-state index contributed by atoms with van der Waals surface area (Å²) in [7, 11) is 0. The van der Waals surface area contributed by atoms with E-state index in [0.29, 0.717) is 12.3 Å². The molecular formula is C22H20N2O2. The van der Waals surface area contributed by atoms with Crippen molar-refractivity contribution in [2.75, 3.05) is 6.61 Å². The second-order valence-corrected chi connectivity index (χ2v) is 6.14. The van der Waals surface area contributed by atoms with Crippen molar-refractivity contribution in [2.45, 2.75) is 13.1 Å². The maximum atomic E-state index is 12.3. The molecule has 0 aliphatic carbocycles. The molecule has 0 saturated carbocycles. The van der Waals surface area contributed by atoms with E-state index in [1.807, 2.05) is 43.3 Å². The van der Waals surface area contributed by atoms with Crippen LogP contribution >= 0.6 is 0 Å². The van der Waals surface area contributed by atoms with Crippen molar-refractivity contribution in [2.24, 2.45) is 0 Å². The summed E-state index contributed by atoms with van der Waals surface area (Å²) in [5.41, 5.74) is 3.69. The Kier molecular flexibility index (Phi) is 4.32. The molecule has 1 aliphatic rings. The monoisotopic (exact) mass is 344 g/mol. The van der Waals surface area contributed by atoms with E-state index in [1.54, 1.807) is 0 Å². The molecule has 1 atom stereocenters. The molecule has 4 heteroatoms. The van der Waals surface area contributed by atoms with Crippen LogP contribution in [0.4, 0.5) is 0 Å². The highest BCUT2D eigenvalue weighted by molar-refractivity contribution is 5.95. The van der Waals surface area contributed by atoms with Crippen LogP contribution in [0.25, 0.3) is 23.1 Å². The van der Waals surface area contributed by atoms with E-state index in [9.17, 15) is 4.79 Å². The molecule has 2 aromatic carbocycles. The van der Waals surface area contributed by atoms with Crippen molar-refractivity contribution in [3.63, 3.8) is 0 Å². The number of esters is 1. The third-order valence-corrected chi connectivity index (χ3v) is 4.42. The molecule has 0 spiro atoms. The fraction of sp³-hybridized carbons (Fsp3) is 0.136. The summed E-state index contributed by atoms with van der Waals surface area (Å²) in [6.45, 7) is 2.16. The second-order valence-electron chi connectivity index (χ2n) is 6.14. The Balaban J connectivity index is 1.78. The predicted molar refractivity (Wildman–Crippen MR) is 104 cm³/mol. The Bertz CT molecular complexity index is 999.